The van der Waals surface area contributed by atoms with Gasteiger partial charge < -0.3 is 15.1 Å². The second kappa shape index (κ2) is 11.2. The van der Waals surface area contributed by atoms with Crippen LogP contribution in [0.4, 0.5) is 11.4 Å². The number of nitrogens with one attached hydrogen (secondary N) is 1. The van der Waals surface area contributed by atoms with Crippen molar-refractivity contribution in [2.75, 3.05) is 42.9 Å². The summed E-state index contributed by atoms with van der Waals surface area (Å²) in [6, 6.07) is 14.6. The Morgan fingerprint density at radius 2 is 1.56 bits per heavy atom. The zero-order valence-electron chi connectivity index (χ0n) is 24.1. The minimum atomic E-state index is 0.0146. The molecular formula is C32H40N6O. The van der Waals surface area contributed by atoms with Crippen LogP contribution in [0.15, 0.2) is 42.5 Å². The Morgan fingerprint density at radius 1 is 0.872 bits per heavy atom. The number of aromatic nitrogens is 3. The number of benzene rings is 2. The van der Waals surface area contributed by atoms with Gasteiger partial charge in [0.1, 0.15) is 0 Å². The van der Waals surface area contributed by atoms with E-state index in [9.17, 15) is 4.79 Å². The summed E-state index contributed by atoms with van der Waals surface area (Å²) in [4.78, 5) is 22.7. The third-order valence-electron chi connectivity index (χ3n) is 8.25. The predicted molar refractivity (Wildman–Crippen MR) is 160 cm³/mol. The lowest BCUT2D eigenvalue weighted by Gasteiger charge is -2.35. The van der Waals surface area contributed by atoms with Gasteiger partial charge in [-0.05, 0) is 106 Å². The number of rotatable bonds is 7. The maximum absolute atomic E-state index is 12.9. The van der Waals surface area contributed by atoms with E-state index < -0.39 is 0 Å². The molecule has 3 heterocycles. The highest BCUT2D eigenvalue weighted by atomic mass is 16.1. The number of piperazine rings is 1. The molecule has 39 heavy (non-hydrogen) atoms. The minimum Gasteiger partial charge on any atom is -0.369 e. The van der Waals surface area contributed by atoms with Gasteiger partial charge in [-0.25, -0.2) is 9.67 Å². The van der Waals surface area contributed by atoms with Gasteiger partial charge in [0.15, 0.2) is 5.65 Å². The van der Waals surface area contributed by atoms with Crippen LogP contribution in [-0.2, 0) is 11.2 Å². The fourth-order valence-corrected chi connectivity index (χ4v) is 5.65. The number of hydrogen-bond acceptors (Lipinski definition) is 5. The Bertz CT molecular complexity index is 1500. The fraction of sp³-hybridized carbons (Fsp3) is 0.406. The molecule has 204 valence electrons. The van der Waals surface area contributed by atoms with Crippen LogP contribution in [0, 0.1) is 34.6 Å². The number of amides is 1. The molecule has 0 radical (unpaired) electrons. The molecule has 2 aromatic heterocycles. The second-order valence-electron chi connectivity index (χ2n) is 10.8. The molecule has 0 unspecified atom stereocenters. The van der Waals surface area contributed by atoms with Crippen molar-refractivity contribution in [1.82, 2.24) is 19.7 Å². The molecule has 0 atom stereocenters. The van der Waals surface area contributed by atoms with E-state index in [4.69, 9.17) is 10.1 Å². The molecule has 5 rings (SSSR count). The number of carbonyl (C=O) groups is 1. The summed E-state index contributed by atoms with van der Waals surface area (Å²) in [5.74, 6) is 0.0146. The molecule has 1 amide bonds. The van der Waals surface area contributed by atoms with E-state index in [1.54, 1.807) is 0 Å². The van der Waals surface area contributed by atoms with Gasteiger partial charge in [-0.15, -0.1) is 0 Å². The van der Waals surface area contributed by atoms with Crippen LogP contribution in [-0.4, -0.2) is 58.3 Å². The lowest BCUT2D eigenvalue weighted by molar-refractivity contribution is -0.116. The smallest absolute Gasteiger partial charge is 0.224 e. The zero-order chi connectivity index (χ0) is 27.7. The lowest BCUT2D eigenvalue weighted by Crippen LogP contribution is -2.46. The van der Waals surface area contributed by atoms with Crippen molar-refractivity contribution >= 4 is 28.3 Å². The van der Waals surface area contributed by atoms with Crippen molar-refractivity contribution in [1.29, 1.82) is 0 Å². The first kappa shape index (κ1) is 26.9. The largest absolute Gasteiger partial charge is 0.369 e. The third-order valence-corrected chi connectivity index (χ3v) is 8.25. The Morgan fingerprint density at radius 3 is 2.23 bits per heavy atom. The summed E-state index contributed by atoms with van der Waals surface area (Å²) < 4.78 is 1.95. The molecule has 0 aliphatic carbocycles. The molecule has 7 heteroatoms. The van der Waals surface area contributed by atoms with Crippen LogP contribution >= 0.6 is 0 Å². The maximum atomic E-state index is 12.9. The highest BCUT2D eigenvalue weighted by Gasteiger charge is 2.19. The van der Waals surface area contributed by atoms with E-state index in [1.807, 2.05) is 30.7 Å². The highest BCUT2D eigenvalue weighted by molar-refractivity contribution is 5.91. The summed E-state index contributed by atoms with van der Waals surface area (Å²) in [7, 11) is 0. The third kappa shape index (κ3) is 5.55. The maximum Gasteiger partial charge on any atom is 0.224 e. The van der Waals surface area contributed by atoms with Gasteiger partial charge in [-0.2, -0.15) is 5.10 Å². The monoisotopic (exact) mass is 524 g/mol. The number of aryl methyl sites for hydroxylation is 5. The Balaban J connectivity index is 1.27. The topological polar surface area (TPSA) is 66.3 Å². The molecule has 1 aliphatic rings. The van der Waals surface area contributed by atoms with Crippen LogP contribution in [0.1, 0.15) is 47.0 Å². The van der Waals surface area contributed by atoms with Gasteiger partial charge >= 0.3 is 0 Å². The van der Waals surface area contributed by atoms with E-state index >= 15 is 0 Å². The SMILES string of the molecule is CCN1CCN(c2ccc(NC(=O)CCc3c(C)nc4c(c(C)nn4-c4ccc(C)c(C)c4)c3C)cc2)CC1. The molecule has 1 saturated heterocycles. The second-order valence-corrected chi connectivity index (χ2v) is 10.8. The Hall–Kier alpha value is -3.71. The van der Waals surface area contributed by atoms with E-state index in [-0.39, 0.29) is 5.91 Å². The first-order chi connectivity index (χ1) is 18.7. The molecular weight excluding hydrogens is 484 g/mol. The molecule has 7 nitrogen and oxygen atoms in total. The van der Waals surface area contributed by atoms with E-state index in [1.165, 1.54) is 16.8 Å². The summed E-state index contributed by atoms with van der Waals surface area (Å²) in [5.41, 5.74) is 10.6. The Labute approximate surface area is 231 Å². The zero-order valence-corrected chi connectivity index (χ0v) is 24.1. The van der Waals surface area contributed by atoms with Gasteiger partial charge in [0.05, 0.1) is 11.4 Å². The average molecular weight is 525 g/mol. The van der Waals surface area contributed by atoms with Crippen molar-refractivity contribution in [3.63, 3.8) is 0 Å². The normalized spacial score (nSPS) is 14.3. The van der Waals surface area contributed by atoms with Crippen molar-refractivity contribution in [2.45, 2.75) is 54.4 Å². The standard InChI is InChI=1S/C32H40N6O/c1-7-36-16-18-37(19-17-36)27-12-9-26(10-13-27)34-30(39)15-14-29-23(4)31-25(6)35-38(32(31)33-24(29)5)28-11-8-21(2)22(3)20-28/h8-13,20H,7,14-19H2,1-6H3,(H,34,39). The van der Waals surface area contributed by atoms with E-state index in [0.717, 1.165) is 77.6 Å². The Kier molecular flexibility index (Phi) is 7.71. The molecule has 1 fully saturated rings. The average Bonchev–Trinajstić information content (AvgIpc) is 3.26. The minimum absolute atomic E-state index is 0.0146. The van der Waals surface area contributed by atoms with Gasteiger partial charge in [0, 0.05) is 55.1 Å². The number of nitrogens with zero attached hydrogens (tertiary/aromatic N) is 5. The lowest BCUT2D eigenvalue weighted by atomic mass is 9.99. The number of hydrogen-bond donors (Lipinski definition) is 1. The fourth-order valence-electron chi connectivity index (χ4n) is 5.65. The van der Waals surface area contributed by atoms with E-state index in [0.29, 0.717) is 12.8 Å². The predicted octanol–water partition coefficient (Wildman–Crippen LogP) is 5.68. The van der Waals surface area contributed by atoms with Gasteiger partial charge in [-0.1, -0.05) is 13.0 Å². The highest BCUT2D eigenvalue weighted by Crippen LogP contribution is 2.29. The number of pyridine rings is 1. The van der Waals surface area contributed by atoms with Crippen LogP contribution in [0.3, 0.4) is 0 Å². The quantitative estimate of drug-likeness (QED) is 0.337. The van der Waals surface area contributed by atoms with Crippen molar-refractivity contribution < 1.29 is 4.79 Å². The van der Waals surface area contributed by atoms with Crippen molar-refractivity contribution in [3.05, 3.63) is 76.1 Å². The molecule has 1 N–H and O–H groups in total. The van der Waals surface area contributed by atoms with Crippen molar-refractivity contribution in [3.8, 4) is 5.69 Å². The summed E-state index contributed by atoms with van der Waals surface area (Å²) in [6.45, 7) is 18.0. The van der Waals surface area contributed by atoms with Crippen LogP contribution in [0.5, 0.6) is 0 Å². The summed E-state index contributed by atoms with van der Waals surface area (Å²) in [5, 5.41) is 9.00. The van der Waals surface area contributed by atoms with Crippen LogP contribution < -0.4 is 10.2 Å². The summed E-state index contributed by atoms with van der Waals surface area (Å²) in [6.07, 6.45) is 1.04. The number of likely N-dealkylation sites (N-methyl/N-ethyl adjacent to an activating group) is 1. The van der Waals surface area contributed by atoms with Gasteiger partial charge in [-0.3, -0.25) is 4.79 Å². The number of fused-ring (bicyclic) bond motifs is 1. The first-order valence-electron chi connectivity index (χ1n) is 14.1. The number of anilines is 2. The molecule has 0 saturated carbocycles. The molecule has 2 aromatic carbocycles. The van der Waals surface area contributed by atoms with Crippen LogP contribution in [0.2, 0.25) is 0 Å². The molecule has 4 aromatic rings. The number of carbonyl (C=O) groups excluding carboxylic acids is 1. The molecule has 0 spiro atoms. The van der Waals surface area contributed by atoms with Crippen molar-refractivity contribution in [2.24, 2.45) is 0 Å². The van der Waals surface area contributed by atoms with Gasteiger partial charge in [0.2, 0.25) is 5.91 Å². The summed E-state index contributed by atoms with van der Waals surface area (Å²) >= 11 is 0. The van der Waals surface area contributed by atoms with E-state index in [2.05, 4.69) is 73.1 Å². The molecule has 0 bridgehead atoms. The van der Waals surface area contributed by atoms with Gasteiger partial charge in [0.25, 0.3) is 0 Å². The van der Waals surface area contributed by atoms with Crippen LogP contribution in [0.25, 0.3) is 16.7 Å². The molecule has 1 aliphatic heterocycles. The first-order valence-corrected chi connectivity index (χ1v) is 14.1.